The van der Waals surface area contributed by atoms with E-state index in [0.29, 0.717) is 5.75 Å². The molecule has 0 bridgehead atoms. The van der Waals surface area contributed by atoms with Crippen LogP contribution in [-0.2, 0) is 23.8 Å². The van der Waals surface area contributed by atoms with Gasteiger partial charge in [-0.2, -0.15) is 0 Å². The summed E-state index contributed by atoms with van der Waals surface area (Å²) in [5, 5.41) is 10.9. The van der Waals surface area contributed by atoms with E-state index >= 15 is 0 Å². The van der Waals surface area contributed by atoms with Gasteiger partial charge < -0.3 is 24.6 Å². The van der Waals surface area contributed by atoms with Crippen molar-refractivity contribution in [2.24, 2.45) is 5.92 Å². The molecular weight excluding hydrogens is 314 g/mol. The van der Waals surface area contributed by atoms with Gasteiger partial charge in [0.15, 0.2) is 0 Å². The highest BCUT2D eigenvalue weighted by molar-refractivity contribution is 7.99. The Morgan fingerprint density at radius 1 is 1.27 bits per heavy atom. The van der Waals surface area contributed by atoms with Crippen LogP contribution in [-0.4, -0.2) is 61.2 Å². The van der Waals surface area contributed by atoms with Crippen molar-refractivity contribution in [3.63, 3.8) is 0 Å². The molecule has 0 aromatic heterocycles. The highest BCUT2D eigenvalue weighted by Gasteiger charge is 2.14. The number of thioether (sulfide) groups is 1. The average molecular weight is 335 g/mol. The second-order valence-corrected chi connectivity index (χ2v) is 4.99. The number of ether oxygens (including phenoxy) is 3. The van der Waals surface area contributed by atoms with E-state index in [2.05, 4.69) is 16.6 Å². The number of nitrogens with one attached hydrogen (secondary N) is 1. The van der Waals surface area contributed by atoms with Crippen LogP contribution in [0.15, 0.2) is 12.7 Å². The first kappa shape index (κ1) is 20.3. The first-order valence-electron chi connectivity index (χ1n) is 6.56. The van der Waals surface area contributed by atoms with Crippen molar-refractivity contribution in [2.45, 2.75) is 6.92 Å². The lowest BCUT2D eigenvalue weighted by molar-refractivity contribution is -0.148. The second kappa shape index (κ2) is 13.0. The van der Waals surface area contributed by atoms with Gasteiger partial charge in [0.1, 0.15) is 19.2 Å². The molecule has 0 spiro atoms. The van der Waals surface area contributed by atoms with Gasteiger partial charge in [0.2, 0.25) is 0 Å². The van der Waals surface area contributed by atoms with Gasteiger partial charge in [0.25, 0.3) is 0 Å². The van der Waals surface area contributed by atoms with Gasteiger partial charge in [0.05, 0.1) is 19.1 Å². The zero-order chi connectivity index (χ0) is 16.8. The Morgan fingerprint density at radius 3 is 2.64 bits per heavy atom. The maximum absolute atomic E-state index is 11.4. The van der Waals surface area contributed by atoms with Crippen molar-refractivity contribution in [1.82, 2.24) is 5.32 Å². The van der Waals surface area contributed by atoms with Crippen LogP contribution >= 0.6 is 11.8 Å². The molecule has 126 valence electrons. The summed E-state index contributed by atoms with van der Waals surface area (Å²) in [6.07, 6.45) is 0.388. The molecule has 8 nitrogen and oxygen atoms in total. The standard InChI is InChI=1S/C13H21NO7S/c1-3-11(16)19-6-4-14-13(18)21-9-22-8-10(2)12(17)20-7-5-15/h3,10,15H,1,4-9H2,2H3,(H,14,18). The Balaban J connectivity index is 3.57. The molecule has 0 radical (unpaired) electrons. The number of amides is 1. The summed E-state index contributed by atoms with van der Waals surface area (Å²) in [6, 6.07) is 0. The molecule has 1 amide bonds. The highest BCUT2D eigenvalue weighted by Crippen LogP contribution is 2.10. The zero-order valence-corrected chi connectivity index (χ0v) is 13.2. The summed E-state index contributed by atoms with van der Waals surface area (Å²) in [5.74, 6) is -0.825. The van der Waals surface area contributed by atoms with Crippen LogP contribution in [0.25, 0.3) is 0 Å². The molecule has 2 N–H and O–H groups in total. The summed E-state index contributed by atoms with van der Waals surface area (Å²) in [4.78, 5) is 33.3. The van der Waals surface area contributed by atoms with Crippen LogP contribution in [0, 0.1) is 5.92 Å². The van der Waals surface area contributed by atoms with Crippen molar-refractivity contribution in [2.75, 3.05) is 38.1 Å². The van der Waals surface area contributed by atoms with Crippen LogP contribution in [0.4, 0.5) is 4.79 Å². The van der Waals surface area contributed by atoms with Crippen molar-refractivity contribution >= 4 is 29.8 Å². The molecule has 0 saturated heterocycles. The molecule has 1 atom stereocenters. The number of esters is 2. The number of carbonyl (C=O) groups excluding carboxylic acids is 3. The van der Waals surface area contributed by atoms with Gasteiger partial charge >= 0.3 is 18.0 Å². The monoisotopic (exact) mass is 335 g/mol. The van der Waals surface area contributed by atoms with Crippen LogP contribution < -0.4 is 5.32 Å². The summed E-state index contributed by atoms with van der Waals surface area (Å²) in [5.41, 5.74) is 0. The third kappa shape index (κ3) is 11.0. The summed E-state index contributed by atoms with van der Waals surface area (Å²) >= 11 is 1.25. The van der Waals surface area contributed by atoms with E-state index in [9.17, 15) is 14.4 Å². The van der Waals surface area contributed by atoms with Gasteiger partial charge in [0, 0.05) is 11.8 Å². The maximum atomic E-state index is 11.4. The first-order chi connectivity index (χ1) is 10.5. The number of rotatable bonds is 11. The van der Waals surface area contributed by atoms with Crippen LogP contribution in [0.1, 0.15) is 6.92 Å². The molecule has 22 heavy (non-hydrogen) atoms. The predicted molar refractivity (Wildman–Crippen MR) is 80.2 cm³/mol. The molecule has 9 heteroatoms. The van der Waals surface area contributed by atoms with E-state index < -0.39 is 18.0 Å². The maximum Gasteiger partial charge on any atom is 0.408 e. The smallest absolute Gasteiger partial charge is 0.408 e. The summed E-state index contributed by atoms with van der Waals surface area (Å²) in [6.45, 7) is 4.84. The quantitative estimate of drug-likeness (QED) is 0.182. The van der Waals surface area contributed by atoms with Gasteiger partial charge in [-0.05, 0) is 0 Å². The zero-order valence-electron chi connectivity index (χ0n) is 12.4. The molecule has 0 aliphatic carbocycles. The third-order valence-electron chi connectivity index (χ3n) is 2.16. The topological polar surface area (TPSA) is 111 Å². The lowest BCUT2D eigenvalue weighted by Gasteiger charge is -2.11. The van der Waals surface area contributed by atoms with Gasteiger partial charge in [-0.15, -0.1) is 11.8 Å². The molecule has 0 saturated carbocycles. The number of hydrogen-bond acceptors (Lipinski definition) is 8. The van der Waals surface area contributed by atoms with E-state index in [1.807, 2.05) is 0 Å². The summed E-state index contributed by atoms with van der Waals surface area (Å²) in [7, 11) is 0. The molecule has 0 aliphatic rings. The van der Waals surface area contributed by atoms with E-state index in [-0.39, 0.29) is 38.2 Å². The normalized spacial score (nSPS) is 11.2. The molecular formula is C13H21NO7S. The fraction of sp³-hybridized carbons (Fsp3) is 0.615. The van der Waals surface area contributed by atoms with E-state index in [0.717, 1.165) is 6.08 Å². The average Bonchev–Trinajstić information content (AvgIpc) is 2.52. The predicted octanol–water partition coefficient (Wildman–Crippen LogP) is 0.304. The number of alkyl carbamates (subject to hydrolysis) is 1. The molecule has 0 heterocycles. The minimum atomic E-state index is -0.641. The van der Waals surface area contributed by atoms with Gasteiger partial charge in [-0.25, -0.2) is 9.59 Å². The Labute approximate surface area is 133 Å². The van der Waals surface area contributed by atoms with E-state index in [1.165, 1.54) is 11.8 Å². The van der Waals surface area contributed by atoms with Crippen molar-refractivity contribution in [3.8, 4) is 0 Å². The molecule has 0 aromatic rings. The number of carbonyl (C=O) groups is 3. The lowest BCUT2D eigenvalue weighted by Crippen LogP contribution is -2.28. The second-order valence-electron chi connectivity index (χ2n) is 4.01. The Hall–Kier alpha value is -1.74. The minimum absolute atomic E-state index is 0.0246. The fourth-order valence-electron chi connectivity index (χ4n) is 1.09. The van der Waals surface area contributed by atoms with E-state index in [4.69, 9.17) is 14.6 Å². The lowest BCUT2D eigenvalue weighted by atomic mass is 10.2. The Morgan fingerprint density at radius 2 is 2.00 bits per heavy atom. The Kier molecular flexibility index (Phi) is 11.9. The van der Waals surface area contributed by atoms with Crippen LogP contribution in [0.5, 0.6) is 0 Å². The first-order valence-corrected chi connectivity index (χ1v) is 7.71. The molecule has 0 aliphatic heterocycles. The Bertz CT molecular complexity index is 375. The molecule has 0 rings (SSSR count). The minimum Gasteiger partial charge on any atom is -0.463 e. The number of hydrogen-bond donors (Lipinski definition) is 2. The van der Waals surface area contributed by atoms with Gasteiger partial charge in [-0.3, -0.25) is 4.79 Å². The van der Waals surface area contributed by atoms with Crippen LogP contribution in [0.2, 0.25) is 0 Å². The number of aliphatic hydroxyl groups excluding tert-OH is 1. The van der Waals surface area contributed by atoms with Crippen molar-refractivity contribution < 1.29 is 33.7 Å². The highest BCUT2D eigenvalue weighted by atomic mass is 32.2. The largest absolute Gasteiger partial charge is 0.463 e. The van der Waals surface area contributed by atoms with Crippen molar-refractivity contribution in [3.05, 3.63) is 12.7 Å². The molecule has 0 fully saturated rings. The van der Waals surface area contributed by atoms with Gasteiger partial charge in [-0.1, -0.05) is 13.5 Å². The van der Waals surface area contributed by atoms with Crippen molar-refractivity contribution in [1.29, 1.82) is 0 Å². The molecule has 0 aromatic carbocycles. The number of aliphatic hydroxyl groups is 1. The summed E-state index contributed by atoms with van der Waals surface area (Å²) < 4.78 is 14.3. The third-order valence-corrected chi connectivity index (χ3v) is 3.18. The van der Waals surface area contributed by atoms with Crippen LogP contribution in [0.3, 0.4) is 0 Å². The SMILES string of the molecule is C=CC(=O)OCCNC(=O)OCSCC(C)C(=O)OCCO. The van der Waals surface area contributed by atoms with E-state index in [1.54, 1.807) is 6.92 Å². The fourth-order valence-corrected chi connectivity index (χ4v) is 1.87. The molecule has 1 unspecified atom stereocenters.